The lowest BCUT2D eigenvalue weighted by Crippen LogP contribution is -2.15. The number of halogens is 2. The molecule has 2 aromatic rings. The number of anilines is 2. The molecule has 0 aliphatic rings. The van der Waals surface area contributed by atoms with Gasteiger partial charge in [-0.05, 0) is 18.2 Å². The Morgan fingerprint density at radius 1 is 1.25 bits per heavy atom. The van der Waals surface area contributed by atoms with Gasteiger partial charge in [0.25, 0.3) is 10.0 Å². The van der Waals surface area contributed by atoms with E-state index in [4.69, 9.17) is 17.4 Å². The molecular weight excluding hydrogens is 309 g/mol. The smallest absolute Gasteiger partial charge is 0.264 e. The second kappa shape index (κ2) is 5.57. The van der Waals surface area contributed by atoms with Crippen molar-refractivity contribution in [3.8, 4) is 0 Å². The molecule has 1 aromatic heterocycles. The fourth-order valence-corrected chi connectivity index (χ4v) is 2.36. The van der Waals surface area contributed by atoms with Crippen molar-refractivity contribution in [2.45, 2.75) is 4.90 Å². The third kappa shape index (κ3) is 3.13. The Hall–Kier alpha value is -1.97. The minimum atomic E-state index is -3.92. The van der Waals surface area contributed by atoms with Crippen LogP contribution in [0.4, 0.5) is 16.0 Å². The molecule has 0 amide bonds. The first-order valence-corrected chi connectivity index (χ1v) is 7.05. The first kappa shape index (κ1) is 14.4. The van der Waals surface area contributed by atoms with Crippen molar-refractivity contribution in [1.29, 1.82) is 0 Å². The molecule has 4 N–H and O–H groups in total. The largest absolute Gasteiger partial charge is 0.292 e. The molecule has 0 spiro atoms. The van der Waals surface area contributed by atoms with Crippen LogP contribution in [0.1, 0.15) is 0 Å². The van der Waals surface area contributed by atoms with Gasteiger partial charge in [-0.1, -0.05) is 11.6 Å². The summed E-state index contributed by atoms with van der Waals surface area (Å²) in [5, 5.41) is -0.102. The van der Waals surface area contributed by atoms with Gasteiger partial charge in [-0.25, -0.2) is 28.6 Å². The van der Waals surface area contributed by atoms with Gasteiger partial charge < -0.3 is 0 Å². The van der Waals surface area contributed by atoms with E-state index in [0.29, 0.717) is 0 Å². The second-order valence-electron chi connectivity index (χ2n) is 3.62. The zero-order valence-corrected chi connectivity index (χ0v) is 11.4. The number of sulfonamides is 1. The van der Waals surface area contributed by atoms with Crippen LogP contribution in [0.2, 0.25) is 5.02 Å². The lowest BCUT2D eigenvalue weighted by molar-refractivity contribution is 0.600. The van der Waals surface area contributed by atoms with Gasteiger partial charge in [-0.3, -0.25) is 10.1 Å². The highest BCUT2D eigenvalue weighted by atomic mass is 35.5. The number of hydrogen-bond donors (Lipinski definition) is 3. The zero-order valence-electron chi connectivity index (χ0n) is 9.84. The van der Waals surface area contributed by atoms with E-state index in [0.717, 1.165) is 18.5 Å². The first-order valence-electron chi connectivity index (χ1n) is 5.19. The molecule has 0 aliphatic heterocycles. The monoisotopic (exact) mass is 317 g/mol. The average molecular weight is 318 g/mol. The number of rotatable bonds is 4. The summed E-state index contributed by atoms with van der Waals surface area (Å²) in [5.41, 5.74) is 2.20. The molecule has 20 heavy (non-hydrogen) atoms. The van der Waals surface area contributed by atoms with Gasteiger partial charge in [0.1, 0.15) is 10.7 Å². The van der Waals surface area contributed by atoms with Crippen LogP contribution >= 0.6 is 11.6 Å². The maximum Gasteiger partial charge on any atom is 0.264 e. The minimum Gasteiger partial charge on any atom is -0.292 e. The molecule has 1 heterocycles. The van der Waals surface area contributed by atoms with Gasteiger partial charge in [0.05, 0.1) is 23.1 Å². The molecular formula is C10H9ClFN5O2S. The SMILES string of the molecule is NNc1ncc(S(=O)(=O)Nc2ccc(Cl)c(F)c2)cn1. The van der Waals surface area contributed by atoms with Gasteiger partial charge >= 0.3 is 0 Å². The molecule has 106 valence electrons. The topological polar surface area (TPSA) is 110 Å². The van der Waals surface area contributed by atoms with Crippen molar-refractivity contribution in [2.24, 2.45) is 5.84 Å². The Balaban J connectivity index is 2.27. The Labute approximate surface area is 119 Å². The van der Waals surface area contributed by atoms with E-state index in [1.165, 1.54) is 12.1 Å². The van der Waals surface area contributed by atoms with Crippen molar-refractivity contribution in [1.82, 2.24) is 9.97 Å². The van der Waals surface area contributed by atoms with Gasteiger partial charge in [0.15, 0.2) is 0 Å². The van der Waals surface area contributed by atoms with E-state index in [9.17, 15) is 12.8 Å². The molecule has 10 heteroatoms. The first-order chi connectivity index (χ1) is 9.42. The van der Waals surface area contributed by atoms with Crippen LogP contribution in [0.25, 0.3) is 0 Å². The van der Waals surface area contributed by atoms with Gasteiger partial charge in [0, 0.05) is 0 Å². The van der Waals surface area contributed by atoms with E-state index in [2.05, 4.69) is 20.1 Å². The van der Waals surface area contributed by atoms with Gasteiger partial charge in [0.2, 0.25) is 5.95 Å². The summed E-state index contributed by atoms with van der Waals surface area (Å²) in [6, 6.07) is 3.54. The number of nitrogens with two attached hydrogens (primary N) is 1. The Morgan fingerprint density at radius 2 is 1.90 bits per heavy atom. The summed E-state index contributed by atoms with van der Waals surface area (Å²) >= 11 is 5.51. The zero-order chi connectivity index (χ0) is 14.8. The number of nitrogen functional groups attached to an aromatic ring is 1. The molecule has 0 atom stereocenters. The molecule has 0 saturated heterocycles. The van der Waals surface area contributed by atoms with E-state index in [1.54, 1.807) is 0 Å². The molecule has 0 bridgehead atoms. The number of nitrogens with one attached hydrogen (secondary N) is 2. The lowest BCUT2D eigenvalue weighted by atomic mass is 10.3. The van der Waals surface area contributed by atoms with Crippen molar-refractivity contribution in [3.05, 3.63) is 41.4 Å². The molecule has 0 aliphatic carbocycles. The number of aromatic nitrogens is 2. The van der Waals surface area contributed by atoms with Crippen LogP contribution in [0.15, 0.2) is 35.5 Å². The van der Waals surface area contributed by atoms with Crippen molar-refractivity contribution in [2.75, 3.05) is 10.1 Å². The lowest BCUT2D eigenvalue weighted by Gasteiger charge is -2.08. The van der Waals surface area contributed by atoms with Crippen molar-refractivity contribution < 1.29 is 12.8 Å². The Bertz CT molecular complexity index is 723. The third-order valence-corrected chi connectivity index (χ3v) is 3.88. The average Bonchev–Trinajstić information content (AvgIpc) is 2.43. The van der Waals surface area contributed by atoms with E-state index in [-0.39, 0.29) is 21.6 Å². The molecule has 2 rings (SSSR count). The molecule has 1 aromatic carbocycles. The number of hydrogen-bond acceptors (Lipinski definition) is 6. The summed E-state index contributed by atoms with van der Waals surface area (Å²) in [5.74, 6) is 4.41. The number of hydrazine groups is 1. The van der Waals surface area contributed by atoms with E-state index < -0.39 is 15.8 Å². The summed E-state index contributed by atoms with van der Waals surface area (Å²) in [6.07, 6.45) is 2.13. The quantitative estimate of drug-likeness (QED) is 0.580. The summed E-state index contributed by atoms with van der Waals surface area (Å²) in [4.78, 5) is 7.16. The van der Waals surface area contributed by atoms with Gasteiger partial charge in [-0.15, -0.1) is 0 Å². The molecule has 0 fully saturated rings. The summed E-state index contributed by atoms with van der Waals surface area (Å²) < 4.78 is 39.4. The standard InChI is InChI=1S/C10H9ClFN5O2S/c11-8-2-1-6(3-9(8)12)17-20(18,19)7-4-14-10(16-13)15-5-7/h1-5,17H,13H2,(H,14,15,16). The van der Waals surface area contributed by atoms with Crippen LogP contribution in [0, 0.1) is 5.82 Å². The van der Waals surface area contributed by atoms with E-state index >= 15 is 0 Å². The van der Waals surface area contributed by atoms with Crippen LogP contribution in [-0.2, 0) is 10.0 Å². The maximum absolute atomic E-state index is 13.2. The number of benzene rings is 1. The van der Waals surface area contributed by atoms with E-state index in [1.807, 2.05) is 0 Å². The third-order valence-electron chi connectivity index (χ3n) is 2.24. The summed E-state index contributed by atoms with van der Waals surface area (Å²) in [7, 11) is -3.92. The second-order valence-corrected chi connectivity index (χ2v) is 5.71. The Kier molecular flexibility index (Phi) is 4.02. The van der Waals surface area contributed by atoms with Crippen molar-refractivity contribution >= 4 is 33.3 Å². The molecule has 7 nitrogen and oxygen atoms in total. The normalized spacial score (nSPS) is 11.2. The van der Waals surface area contributed by atoms with Crippen LogP contribution < -0.4 is 16.0 Å². The minimum absolute atomic E-state index is 0.0351. The fourth-order valence-electron chi connectivity index (χ4n) is 1.30. The van der Waals surface area contributed by atoms with Crippen LogP contribution in [0.5, 0.6) is 0 Å². The number of nitrogens with zero attached hydrogens (tertiary/aromatic N) is 2. The summed E-state index contributed by atoms with van der Waals surface area (Å²) in [6.45, 7) is 0. The molecule has 0 saturated carbocycles. The predicted octanol–water partition coefficient (Wildman–Crippen LogP) is 1.36. The highest BCUT2D eigenvalue weighted by molar-refractivity contribution is 7.92. The highest BCUT2D eigenvalue weighted by Crippen LogP contribution is 2.21. The fraction of sp³-hybridized carbons (Fsp3) is 0. The highest BCUT2D eigenvalue weighted by Gasteiger charge is 2.16. The maximum atomic E-state index is 13.2. The molecule has 0 unspecified atom stereocenters. The van der Waals surface area contributed by atoms with Gasteiger partial charge in [-0.2, -0.15) is 0 Å². The predicted molar refractivity (Wildman–Crippen MR) is 72.1 cm³/mol. The molecule has 0 radical (unpaired) electrons. The van der Waals surface area contributed by atoms with Crippen LogP contribution in [-0.4, -0.2) is 18.4 Å². The Morgan fingerprint density at radius 3 is 2.45 bits per heavy atom. The van der Waals surface area contributed by atoms with Crippen molar-refractivity contribution in [3.63, 3.8) is 0 Å². The van der Waals surface area contributed by atoms with Crippen LogP contribution in [0.3, 0.4) is 0 Å².